The van der Waals surface area contributed by atoms with Crippen molar-refractivity contribution >= 4 is 28.3 Å². The molecule has 0 aliphatic heterocycles. The number of hydrogen-bond donors (Lipinski definition) is 0. The highest BCUT2D eigenvalue weighted by Gasteiger charge is 2.11. The maximum atomic E-state index is 12.3. The van der Waals surface area contributed by atoms with Gasteiger partial charge in [0.25, 0.3) is 0 Å². The summed E-state index contributed by atoms with van der Waals surface area (Å²) in [6, 6.07) is 15.5. The molecule has 20 heavy (non-hydrogen) atoms. The van der Waals surface area contributed by atoms with E-state index in [0.717, 1.165) is 22.0 Å². The van der Waals surface area contributed by atoms with Gasteiger partial charge in [0.2, 0.25) is 0 Å². The number of carbonyl (C=O) groups is 1. The minimum atomic E-state index is 0.0856. The van der Waals surface area contributed by atoms with Crippen molar-refractivity contribution in [3.63, 3.8) is 0 Å². The zero-order valence-electron chi connectivity index (χ0n) is 11.1. The molecule has 0 fully saturated rings. The fourth-order valence-electron chi connectivity index (χ4n) is 2.32. The quantitative estimate of drug-likeness (QED) is 0.649. The molecule has 3 aromatic rings. The molecule has 0 aliphatic rings. The summed E-state index contributed by atoms with van der Waals surface area (Å²) in [5.41, 5.74) is 2.86. The molecule has 0 atom stereocenters. The third-order valence-corrected chi connectivity index (χ3v) is 3.73. The van der Waals surface area contributed by atoms with E-state index < -0.39 is 0 Å². The molecule has 0 saturated heterocycles. The van der Waals surface area contributed by atoms with Crippen molar-refractivity contribution < 1.29 is 4.79 Å². The molecule has 2 nitrogen and oxygen atoms in total. The van der Waals surface area contributed by atoms with Crippen LogP contribution in [0.4, 0.5) is 0 Å². The summed E-state index contributed by atoms with van der Waals surface area (Å²) in [5, 5.41) is 1.66. The Morgan fingerprint density at radius 2 is 1.80 bits per heavy atom. The normalized spacial score (nSPS) is 10.9. The molecule has 0 aliphatic carbocycles. The van der Waals surface area contributed by atoms with Gasteiger partial charge in [0, 0.05) is 22.7 Å². The van der Waals surface area contributed by atoms with Crippen LogP contribution < -0.4 is 0 Å². The van der Waals surface area contributed by atoms with Crippen molar-refractivity contribution in [3.8, 4) is 0 Å². The topological polar surface area (TPSA) is 22.0 Å². The highest BCUT2D eigenvalue weighted by molar-refractivity contribution is 6.35. The van der Waals surface area contributed by atoms with Gasteiger partial charge in [-0.15, -0.1) is 0 Å². The summed E-state index contributed by atoms with van der Waals surface area (Å²) >= 11 is 6.20. The summed E-state index contributed by atoms with van der Waals surface area (Å²) in [6.45, 7) is 2.31. The van der Waals surface area contributed by atoms with E-state index in [0.29, 0.717) is 11.6 Å². The summed E-state index contributed by atoms with van der Waals surface area (Å²) in [7, 11) is 0. The molecule has 3 heteroatoms. The lowest BCUT2D eigenvalue weighted by molar-refractivity contribution is 0.0973. The Bertz CT molecular complexity index is 771. The van der Waals surface area contributed by atoms with Crippen LogP contribution >= 0.6 is 11.6 Å². The first-order valence-corrected chi connectivity index (χ1v) is 6.86. The number of halogens is 1. The molecule has 0 unspecified atom stereocenters. The van der Waals surface area contributed by atoms with E-state index >= 15 is 0 Å². The second kappa shape index (κ2) is 5.14. The van der Waals surface area contributed by atoms with Gasteiger partial charge in [-0.25, -0.2) is 0 Å². The van der Waals surface area contributed by atoms with E-state index in [1.807, 2.05) is 66.2 Å². The third-order valence-electron chi connectivity index (χ3n) is 3.43. The van der Waals surface area contributed by atoms with Gasteiger partial charge in [-0.2, -0.15) is 0 Å². The van der Waals surface area contributed by atoms with Crippen molar-refractivity contribution in [2.24, 2.45) is 0 Å². The van der Waals surface area contributed by atoms with Crippen LogP contribution in [-0.2, 0) is 6.54 Å². The summed E-state index contributed by atoms with van der Waals surface area (Å²) in [5.74, 6) is 0.0856. The predicted molar refractivity (Wildman–Crippen MR) is 82.5 cm³/mol. The first-order valence-electron chi connectivity index (χ1n) is 6.48. The molecule has 0 amide bonds. The van der Waals surface area contributed by atoms with Crippen LogP contribution in [0, 0.1) is 6.92 Å². The lowest BCUT2D eigenvalue weighted by Gasteiger charge is -2.05. The fourth-order valence-corrected chi connectivity index (χ4v) is 2.60. The summed E-state index contributed by atoms with van der Waals surface area (Å²) < 4.78 is 1.90. The van der Waals surface area contributed by atoms with Crippen molar-refractivity contribution in [1.29, 1.82) is 0 Å². The average molecular weight is 284 g/mol. The van der Waals surface area contributed by atoms with Crippen LogP contribution in [0.2, 0.25) is 5.02 Å². The Balaban J connectivity index is 1.93. The Kier molecular flexibility index (Phi) is 3.33. The number of benzene rings is 2. The number of rotatable bonds is 3. The van der Waals surface area contributed by atoms with Gasteiger partial charge in [-0.3, -0.25) is 4.79 Å². The Hall–Kier alpha value is -2.06. The fraction of sp³-hybridized carbons (Fsp3) is 0.118. The van der Waals surface area contributed by atoms with Gasteiger partial charge in [0.05, 0.1) is 11.6 Å². The van der Waals surface area contributed by atoms with Gasteiger partial charge in [0.15, 0.2) is 5.78 Å². The molecule has 1 heterocycles. The lowest BCUT2D eigenvalue weighted by atomic mass is 10.1. The Morgan fingerprint density at radius 3 is 2.55 bits per heavy atom. The molecule has 0 bridgehead atoms. The van der Waals surface area contributed by atoms with Crippen molar-refractivity contribution in [2.45, 2.75) is 13.5 Å². The van der Waals surface area contributed by atoms with E-state index in [2.05, 4.69) is 0 Å². The number of nitrogens with zero attached hydrogens (tertiary/aromatic N) is 1. The molecule has 0 saturated carbocycles. The molecular weight excluding hydrogens is 270 g/mol. The SMILES string of the molecule is Cc1ccc(C(=O)Cn2cc(Cl)c3ccccc32)cc1. The van der Waals surface area contributed by atoms with Gasteiger partial charge in [-0.05, 0) is 13.0 Å². The van der Waals surface area contributed by atoms with Crippen LogP contribution in [0.1, 0.15) is 15.9 Å². The maximum absolute atomic E-state index is 12.3. The summed E-state index contributed by atoms with van der Waals surface area (Å²) in [4.78, 5) is 12.3. The zero-order valence-corrected chi connectivity index (χ0v) is 11.9. The average Bonchev–Trinajstić information content (AvgIpc) is 2.77. The monoisotopic (exact) mass is 283 g/mol. The van der Waals surface area contributed by atoms with Gasteiger partial charge < -0.3 is 4.57 Å². The number of ketones is 1. The van der Waals surface area contributed by atoms with Gasteiger partial charge in [-0.1, -0.05) is 59.6 Å². The predicted octanol–water partition coefficient (Wildman–Crippen LogP) is 4.49. The minimum Gasteiger partial charge on any atom is -0.338 e. The smallest absolute Gasteiger partial charge is 0.182 e. The summed E-state index contributed by atoms with van der Waals surface area (Å²) in [6.07, 6.45) is 1.82. The van der Waals surface area contributed by atoms with E-state index in [4.69, 9.17) is 11.6 Å². The van der Waals surface area contributed by atoms with Crippen LogP contribution in [0.3, 0.4) is 0 Å². The molecule has 100 valence electrons. The maximum Gasteiger partial charge on any atom is 0.182 e. The van der Waals surface area contributed by atoms with E-state index in [1.54, 1.807) is 0 Å². The number of hydrogen-bond acceptors (Lipinski definition) is 1. The lowest BCUT2D eigenvalue weighted by Crippen LogP contribution is -2.09. The van der Waals surface area contributed by atoms with E-state index in [9.17, 15) is 4.79 Å². The molecule has 0 radical (unpaired) electrons. The van der Waals surface area contributed by atoms with Crippen LogP contribution in [0.25, 0.3) is 10.9 Å². The first-order chi connectivity index (χ1) is 9.65. The van der Waals surface area contributed by atoms with Gasteiger partial charge >= 0.3 is 0 Å². The third kappa shape index (κ3) is 2.35. The minimum absolute atomic E-state index is 0.0856. The van der Waals surface area contributed by atoms with Gasteiger partial charge in [0.1, 0.15) is 0 Å². The number of aromatic nitrogens is 1. The highest BCUT2D eigenvalue weighted by atomic mass is 35.5. The van der Waals surface area contributed by atoms with E-state index in [-0.39, 0.29) is 5.78 Å². The highest BCUT2D eigenvalue weighted by Crippen LogP contribution is 2.25. The van der Waals surface area contributed by atoms with Crippen LogP contribution in [0.5, 0.6) is 0 Å². The molecule has 2 aromatic carbocycles. The van der Waals surface area contributed by atoms with E-state index in [1.165, 1.54) is 0 Å². The molecule has 0 spiro atoms. The second-order valence-electron chi connectivity index (χ2n) is 4.91. The largest absolute Gasteiger partial charge is 0.338 e. The number of carbonyl (C=O) groups excluding carboxylic acids is 1. The molecule has 1 aromatic heterocycles. The number of fused-ring (bicyclic) bond motifs is 1. The standard InChI is InChI=1S/C17H14ClNO/c1-12-6-8-13(9-7-12)17(20)11-19-10-15(18)14-4-2-3-5-16(14)19/h2-10H,11H2,1H3. The first kappa shape index (κ1) is 12.9. The number of Topliss-reactive ketones (excluding diaryl/α,β-unsaturated/α-hetero) is 1. The number of aryl methyl sites for hydroxylation is 1. The Morgan fingerprint density at radius 1 is 1.10 bits per heavy atom. The van der Waals surface area contributed by atoms with Crippen LogP contribution in [0.15, 0.2) is 54.7 Å². The molecule has 0 N–H and O–H groups in total. The second-order valence-corrected chi connectivity index (χ2v) is 5.32. The van der Waals surface area contributed by atoms with Crippen LogP contribution in [-0.4, -0.2) is 10.4 Å². The number of para-hydroxylation sites is 1. The van der Waals surface area contributed by atoms with Crippen molar-refractivity contribution in [1.82, 2.24) is 4.57 Å². The molecule has 3 rings (SSSR count). The molecular formula is C17H14ClNO. The zero-order chi connectivity index (χ0) is 14.1. The Labute approximate surface area is 122 Å². The van der Waals surface area contributed by atoms with Crippen molar-refractivity contribution in [3.05, 3.63) is 70.9 Å². The van der Waals surface area contributed by atoms with Crippen molar-refractivity contribution in [2.75, 3.05) is 0 Å².